The molecule has 6 nitrogen and oxygen atoms in total. The van der Waals surface area contributed by atoms with Crippen LogP contribution >= 0.6 is 0 Å². The van der Waals surface area contributed by atoms with Crippen molar-refractivity contribution < 1.29 is 29.3 Å². The number of carbonyl (C=O) groups excluding carboxylic acids is 2. The molecule has 1 rings (SSSR count). The number of cyclic esters (lactones) is 2. The Morgan fingerprint density at radius 1 is 0.533 bits per heavy atom. The number of hydrogen-bond donors (Lipinski definition) is 2. The molecule has 0 aromatic rings. The lowest BCUT2D eigenvalue weighted by molar-refractivity contribution is -0.168. The minimum Gasteiger partial charge on any atom is -0.428 e. The first-order valence-electron chi connectivity index (χ1n) is 10.4. The van der Waals surface area contributed by atoms with Gasteiger partial charge in [0, 0.05) is 22.3 Å². The van der Waals surface area contributed by atoms with E-state index in [1.807, 2.05) is 83.1 Å². The van der Waals surface area contributed by atoms with Gasteiger partial charge >= 0.3 is 11.9 Å². The van der Waals surface area contributed by atoms with Gasteiger partial charge < -0.3 is 19.7 Å². The molecule has 2 atom stereocenters. The van der Waals surface area contributed by atoms with Crippen LogP contribution in [-0.2, 0) is 19.1 Å². The molecule has 6 heteroatoms. The average Bonchev–Trinajstić information content (AvgIpc) is 2.43. The second kappa shape index (κ2) is 8.12. The van der Waals surface area contributed by atoms with E-state index in [0.717, 1.165) is 0 Å². The van der Waals surface area contributed by atoms with Crippen molar-refractivity contribution in [3.05, 3.63) is 22.3 Å². The Morgan fingerprint density at radius 3 is 0.933 bits per heavy atom. The van der Waals surface area contributed by atoms with Crippen LogP contribution in [0.5, 0.6) is 0 Å². The minimum absolute atomic E-state index is 0.182. The number of ether oxygens (including phenoxy) is 2. The molecule has 2 unspecified atom stereocenters. The van der Waals surface area contributed by atoms with E-state index in [9.17, 15) is 19.8 Å². The summed E-state index contributed by atoms with van der Waals surface area (Å²) in [6, 6.07) is 0. The molecule has 0 aromatic carbocycles. The number of rotatable bonds is 0. The molecule has 0 amide bonds. The zero-order chi connectivity index (χ0) is 24.0. The third-order valence-electron chi connectivity index (χ3n) is 4.99. The Hall–Kier alpha value is -1.66. The normalized spacial score (nSPS) is 28.2. The van der Waals surface area contributed by atoms with Crippen LogP contribution in [0.1, 0.15) is 83.1 Å². The van der Waals surface area contributed by atoms with Crippen molar-refractivity contribution in [1.29, 1.82) is 0 Å². The molecule has 0 aliphatic carbocycles. The van der Waals surface area contributed by atoms with Gasteiger partial charge in [-0.2, -0.15) is 0 Å². The summed E-state index contributed by atoms with van der Waals surface area (Å²) in [5.41, 5.74) is -1.99. The van der Waals surface area contributed by atoms with Crippen molar-refractivity contribution in [1.82, 2.24) is 0 Å². The molecule has 0 spiro atoms. The highest BCUT2D eigenvalue weighted by atomic mass is 16.6. The average molecular weight is 425 g/mol. The maximum atomic E-state index is 13.3. The highest BCUT2D eigenvalue weighted by molar-refractivity contribution is 5.94. The van der Waals surface area contributed by atoms with Crippen LogP contribution in [0, 0.1) is 21.7 Å². The predicted molar refractivity (Wildman–Crippen MR) is 116 cm³/mol. The van der Waals surface area contributed by atoms with Crippen molar-refractivity contribution in [2.24, 2.45) is 21.7 Å². The van der Waals surface area contributed by atoms with E-state index < -0.39 is 46.2 Å². The van der Waals surface area contributed by atoms with E-state index in [-0.39, 0.29) is 22.3 Å². The third kappa shape index (κ3) is 5.73. The Kier molecular flexibility index (Phi) is 7.14. The van der Waals surface area contributed by atoms with Crippen molar-refractivity contribution in [3.63, 3.8) is 0 Å². The first-order chi connectivity index (χ1) is 13.1. The van der Waals surface area contributed by atoms with Crippen molar-refractivity contribution in [3.8, 4) is 0 Å². The van der Waals surface area contributed by atoms with Gasteiger partial charge in [-0.15, -0.1) is 0 Å². The maximum Gasteiger partial charge on any atom is 0.337 e. The van der Waals surface area contributed by atoms with Gasteiger partial charge in [0.05, 0.1) is 0 Å². The van der Waals surface area contributed by atoms with E-state index in [1.165, 1.54) is 0 Å². The van der Waals surface area contributed by atoms with Crippen LogP contribution in [0.15, 0.2) is 22.3 Å². The minimum atomic E-state index is -1.63. The Balaban J connectivity index is 3.97. The lowest BCUT2D eigenvalue weighted by Gasteiger charge is -2.38. The number of esters is 2. The first kappa shape index (κ1) is 26.4. The molecular weight excluding hydrogens is 384 g/mol. The summed E-state index contributed by atoms with van der Waals surface area (Å²) in [7, 11) is 0. The van der Waals surface area contributed by atoms with Gasteiger partial charge in [-0.3, -0.25) is 0 Å². The SMILES string of the molecule is CC(C)(C)/C1=C(\C(C)(C)C)C(O)OC(=O)/C(C(C)(C)C)=C(/C(C)(C)C)C(O)OC1=O. The van der Waals surface area contributed by atoms with Crippen molar-refractivity contribution >= 4 is 11.9 Å². The van der Waals surface area contributed by atoms with Crippen molar-refractivity contribution in [2.75, 3.05) is 0 Å². The van der Waals surface area contributed by atoms with Crippen LogP contribution in [0.2, 0.25) is 0 Å². The van der Waals surface area contributed by atoms with Crippen LogP contribution in [0.25, 0.3) is 0 Å². The zero-order valence-electron chi connectivity index (χ0n) is 20.7. The monoisotopic (exact) mass is 424 g/mol. The molecule has 1 aliphatic rings. The first-order valence-corrected chi connectivity index (χ1v) is 10.4. The molecule has 0 fully saturated rings. The topological polar surface area (TPSA) is 93.1 Å². The summed E-state index contributed by atoms with van der Waals surface area (Å²) in [5, 5.41) is 22.0. The highest BCUT2D eigenvalue weighted by Gasteiger charge is 2.44. The second-order valence-electron chi connectivity index (χ2n) is 12.1. The fourth-order valence-electron chi connectivity index (χ4n) is 3.82. The van der Waals surface area contributed by atoms with E-state index in [4.69, 9.17) is 9.47 Å². The third-order valence-corrected chi connectivity index (χ3v) is 4.99. The van der Waals surface area contributed by atoms with Crippen LogP contribution < -0.4 is 0 Å². The molecule has 2 N–H and O–H groups in total. The van der Waals surface area contributed by atoms with Crippen LogP contribution in [-0.4, -0.2) is 34.7 Å². The summed E-state index contributed by atoms with van der Waals surface area (Å²) >= 11 is 0. The summed E-state index contributed by atoms with van der Waals surface area (Å²) in [6.07, 6.45) is -3.26. The van der Waals surface area contributed by atoms with Gasteiger partial charge in [-0.1, -0.05) is 83.1 Å². The largest absolute Gasteiger partial charge is 0.428 e. The quantitative estimate of drug-likeness (QED) is 0.556. The predicted octanol–water partition coefficient (Wildman–Crippen LogP) is 4.50. The molecule has 0 aromatic heterocycles. The molecule has 0 saturated heterocycles. The van der Waals surface area contributed by atoms with Crippen molar-refractivity contribution in [2.45, 2.75) is 95.7 Å². The summed E-state index contributed by atoms with van der Waals surface area (Å²) in [4.78, 5) is 26.6. The van der Waals surface area contributed by atoms with E-state index >= 15 is 0 Å². The molecule has 0 radical (unpaired) electrons. The molecule has 1 heterocycles. The molecule has 0 bridgehead atoms. The van der Waals surface area contributed by atoms with Gasteiger partial charge in [0.1, 0.15) is 0 Å². The molecule has 0 saturated carbocycles. The maximum absolute atomic E-state index is 13.3. The number of hydrogen-bond acceptors (Lipinski definition) is 6. The number of carbonyl (C=O) groups is 2. The van der Waals surface area contributed by atoms with Crippen LogP contribution in [0.4, 0.5) is 0 Å². The van der Waals surface area contributed by atoms with Gasteiger partial charge in [0.2, 0.25) is 12.6 Å². The Morgan fingerprint density at radius 2 is 0.767 bits per heavy atom. The van der Waals surface area contributed by atoms with Gasteiger partial charge in [-0.05, 0) is 21.7 Å². The van der Waals surface area contributed by atoms with Gasteiger partial charge in [0.25, 0.3) is 0 Å². The van der Waals surface area contributed by atoms with E-state index in [2.05, 4.69) is 0 Å². The van der Waals surface area contributed by atoms with E-state index in [1.54, 1.807) is 0 Å². The summed E-state index contributed by atoms with van der Waals surface area (Å²) in [5.74, 6) is -1.49. The van der Waals surface area contributed by atoms with Crippen LogP contribution in [0.3, 0.4) is 0 Å². The number of aliphatic hydroxyl groups is 2. The highest BCUT2D eigenvalue weighted by Crippen LogP contribution is 2.44. The zero-order valence-corrected chi connectivity index (χ0v) is 20.7. The summed E-state index contributed by atoms with van der Waals surface area (Å²) < 4.78 is 11.1. The standard InChI is InChI=1S/C24H40O6/c1-21(2,3)13-14(22(4,5)6)18(26)30-20(28)16(24(10,11)12)15(23(7,8)9)19(27)29-17(13)25/h17,20,25,28H,1-12H3/b14-13-,16-15-. The second-order valence-corrected chi connectivity index (χ2v) is 12.1. The van der Waals surface area contributed by atoms with E-state index in [0.29, 0.717) is 0 Å². The number of aliphatic hydroxyl groups excluding tert-OH is 2. The fourth-order valence-corrected chi connectivity index (χ4v) is 3.82. The molecular formula is C24H40O6. The molecule has 30 heavy (non-hydrogen) atoms. The molecule has 1 aliphatic heterocycles. The smallest absolute Gasteiger partial charge is 0.337 e. The summed E-state index contributed by atoms with van der Waals surface area (Å²) in [6.45, 7) is 21.8. The lowest BCUT2D eigenvalue weighted by Crippen LogP contribution is -2.41. The fraction of sp³-hybridized carbons (Fsp3) is 0.750. The molecule has 172 valence electrons. The lowest BCUT2D eigenvalue weighted by atomic mass is 9.73. The Bertz CT molecular complexity index is 691. The Labute approximate surface area is 181 Å². The van der Waals surface area contributed by atoms with Gasteiger partial charge in [-0.25, -0.2) is 9.59 Å². The van der Waals surface area contributed by atoms with Gasteiger partial charge in [0.15, 0.2) is 0 Å².